The minimum atomic E-state index is 0.735. The molecule has 2 heteroatoms. The minimum Gasteiger partial charge on any atom is -0.383 e. The van der Waals surface area contributed by atoms with E-state index in [4.69, 9.17) is 0 Å². The number of nitrogens with one attached hydrogen (secondary N) is 1. The van der Waals surface area contributed by atoms with Crippen LogP contribution < -0.4 is 10.2 Å². The average Bonchev–Trinajstić information content (AvgIpc) is 2.49. The van der Waals surface area contributed by atoms with E-state index in [9.17, 15) is 0 Å². The molecule has 0 aliphatic carbocycles. The maximum atomic E-state index is 3.52. The number of para-hydroxylation sites is 1. The normalized spacial score (nSPS) is 17.4. The summed E-state index contributed by atoms with van der Waals surface area (Å²) in [4.78, 5) is 2.52. The molecule has 1 aliphatic rings. The predicted molar refractivity (Wildman–Crippen MR) is 91.2 cm³/mol. The first-order valence-corrected chi connectivity index (χ1v) is 7.86. The second kappa shape index (κ2) is 6.21. The van der Waals surface area contributed by atoms with Gasteiger partial charge in [0, 0.05) is 31.0 Å². The van der Waals surface area contributed by atoms with Crippen molar-refractivity contribution in [3.63, 3.8) is 0 Å². The maximum Gasteiger partial charge on any atom is 0.0399 e. The van der Waals surface area contributed by atoms with E-state index in [1.807, 2.05) is 0 Å². The Morgan fingerprint density at radius 2 is 1.86 bits per heavy atom. The second-order valence-corrected chi connectivity index (χ2v) is 6.18. The highest BCUT2D eigenvalue weighted by Crippen LogP contribution is 2.28. The summed E-state index contributed by atoms with van der Waals surface area (Å²) in [5.41, 5.74) is 5.42. The first kappa shape index (κ1) is 14.0. The van der Waals surface area contributed by atoms with Crippen LogP contribution in [0.25, 0.3) is 0 Å². The van der Waals surface area contributed by atoms with Gasteiger partial charge in [-0.15, -0.1) is 0 Å². The molecule has 0 radical (unpaired) electrons. The number of hydrogen-bond acceptors (Lipinski definition) is 2. The van der Waals surface area contributed by atoms with Crippen molar-refractivity contribution < 1.29 is 0 Å². The molecule has 1 unspecified atom stereocenters. The summed E-state index contributed by atoms with van der Waals surface area (Å²) in [6.45, 7) is 7.65. The Morgan fingerprint density at radius 1 is 1.10 bits per heavy atom. The zero-order valence-electron chi connectivity index (χ0n) is 13.0. The van der Waals surface area contributed by atoms with Crippen molar-refractivity contribution in [1.82, 2.24) is 0 Å². The van der Waals surface area contributed by atoms with Gasteiger partial charge in [-0.2, -0.15) is 0 Å². The van der Waals surface area contributed by atoms with Crippen molar-refractivity contribution in [2.75, 3.05) is 29.9 Å². The van der Waals surface area contributed by atoms with Crippen molar-refractivity contribution in [2.45, 2.75) is 20.3 Å². The molecule has 1 N–H and O–H groups in total. The fourth-order valence-corrected chi connectivity index (χ4v) is 3.12. The van der Waals surface area contributed by atoms with Crippen molar-refractivity contribution in [1.29, 1.82) is 0 Å². The van der Waals surface area contributed by atoms with E-state index in [1.54, 1.807) is 0 Å². The van der Waals surface area contributed by atoms with Gasteiger partial charge in [-0.25, -0.2) is 0 Å². The molecule has 0 bridgehead atoms. The molecule has 0 spiro atoms. The Hall–Kier alpha value is -1.96. The lowest BCUT2D eigenvalue weighted by Crippen LogP contribution is -2.37. The van der Waals surface area contributed by atoms with E-state index in [2.05, 4.69) is 72.6 Å². The van der Waals surface area contributed by atoms with E-state index < -0.39 is 0 Å². The van der Waals surface area contributed by atoms with Crippen molar-refractivity contribution in [3.8, 4) is 0 Å². The zero-order valence-corrected chi connectivity index (χ0v) is 13.0. The Morgan fingerprint density at radius 3 is 2.67 bits per heavy atom. The number of rotatable bonds is 4. The summed E-state index contributed by atoms with van der Waals surface area (Å²) in [6, 6.07) is 17.4. The molecule has 3 rings (SSSR count). The topological polar surface area (TPSA) is 15.3 Å². The van der Waals surface area contributed by atoms with Crippen LogP contribution in [-0.2, 0) is 6.42 Å². The Labute approximate surface area is 127 Å². The van der Waals surface area contributed by atoms with Gasteiger partial charge in [-0.05, 0) is 43.0 Å². The lowest BCUT2D eigenvalue weighted by atomic mass is 9.94. The van der Waals surface area contributed by atoms with Gasteiger partial charge in [0.15, 0.2) is 0 Å². The Balaban J connectivity index is 1.61. The molecule has 0 fully saturated rings. The summed E-state index contributed by atoms with van der Waals surface area (Å²) in [5, 5.41) is 3.52. The third-order valence-electron chi connectivity index (χ3n) is 4.20. The Bertz CT molecular complexity index is 589. The molecule has 1 aliphatic heterocycles. The molecule has 21 heavy (non-hydrogen) atoms. The average molecular weight is 280 g/mol. The van der Waals surface area contributed by atoms with Crippen LogP contribution in [0.4, 0.5) is 11.4 Å². The second-order valence-electron chi connectivity index (χ2n) is 6.18. The highest BCUT2D eigenvalue weighted by atomic mass is 15.2. The van der Waals surface area contributed by atoms with Crippen LogP contribution in [0.5, 0.6) is 0 Å². The van der Waals surface area contributed by atoms with Crippen LogP contribution in [0.2, 0.25) is 0 Å². The van der Waals surface area contributed by atoms with Crippen LogP contribution in [0.3, 0.4) is 0 Å². The van der Waals surface area contributed by atoms with Gasteiger partial charge < -0.3 is 10.2 Å². The first-order chi connectivity index (χ1) is 10.2. The van der Waals surface area contributed by atoms with Crippen molar-refractivity contribution in [2.24, 2.45) is 5.92 Å². The Kier molecular flexibility index (Phi) is 4.14. The molecule has 0 aromatic heterocycles. The molecular weight excluding hydrogens is 256 g/mol. The van der Waals surface area contributed by atoms with E-state index in [-0.39, 0.29) is 0 Å². The van der Waals surface area contributed by atoms with E-state index in [0.717, 1.165) is 25.6 Å². The molecule has 110 valence electrons. The molecule has 1 heterocycles. The summed E-state index contributed by atoms with van der Waals surface area (Å²) >= 11 is 0. The number of benzene rings is 2. The van der Waals surface area contributed by atoms with E-state index in [1.165, 1.54) is 28.9 Å². The van der Waals surface area contributed by atoms with Crippen LogP contribution >= 0.6 is 0 Å². The number of anilines is 2. The third-order valence-corrected chi connectivity index (χ3v) is 4.20. The van der Waals surface area contributed by atoms with Gasteiger partial charge in [-0.1, -0.05) is 42.8 Å². The molecular formula is C19H24N2. The molecule has 0 amide bonds. The van der Waals surface area contributed by atoms with Gasteiger partial charge >= 0.3 is 0 Å². The maximum absolute atomic E-state index is 3.52. The van der Waals surface area contributed by atoms with Crippen molar-refractivity contribution in [3.05, 3.63) is 59.7 Å². The lowest BCUT2D eigenvalue weighted by Gasteiger charge is -2.35. The molecule has 0 saturated carbocycles. The minimum absolute atomic E-state index is 0.735. The van der Waals surface area contributed by atoms with Gasteiger partial charge in [0.2, 0.25) is 0 Å². The largest absolute Gasteiger partial charge is 0.383 e. The fraction of sp³-hybridized carbons (Fsp3) is 0.368. The van der Waals surface area contributed by atoms with E-state index >= 15 is 0 Å². The van der Waals surface area contributed by atoms with Gasteiger partial charge in [0.1, 0.15) is 0 Å². The number of nitrogens with zero attached hydrogens (tertiary/aromatic N) is 1. The summed E-state index contributed by atoms with van der Waals surface area (Å²) < 4.78 is 0. The fourth-order valence-electron chi connectivity index (χ4n) is 3.12. The predicted octanol–water partition coefficient (Wildman–Crippen LogP) is 4.11. The van der Waals surface area contributed by atoms with Crippen LogP contribution in [0, 0.1) is 12.8 Å². The summed E-state index contributed by atoms with van der Waals surface area (Å²) in [5.74, 6) is 0.735. The van der Waals surface area contributed by atoms with Crippen LogP contribution in [0.15, 0.2) is 48.5 Å². The molecule has 2 aromatic carbocycles. The number of hydrogen-bond donors (Lipinski definition) is 1. The highest BCUT2D eigenvalue weighted by molar-refractivity contribution is 5.56. The molecule has 2 aromatic rings. The van der Waals surface area contributed by atoms with E-state index in [0.29, 0.717) is 0 Å². The summed E-state index contributed by atoms with van der Waals surface area (Å²) in [6.07, 6.45) is 1.21. The van der Waals surface area contributed by atoms with Gasteiger partial charge in [0.05, 0.1) is 0 Å². The standard InChI is InChI=1S/C19H24N2/c1-15-7-9-18(10-8-15)20-11-12-21-14-16(2)13-17-5-3-4-6-19(17)21/h3-10,16,20H,11-14H2,1-2H3. The van der Waals surface area contributed by atoms with Gasteiger partial charge in [0.25, 0.3) is 0 Å². The van der Waals surface area contributed by atoms with Crippen molar-refractivity contribution >= 4 is 11.4 Å². The smallest absolute Gasteiger partial charge is 0.0399 e. The lowest BCUT2D eigenvalue weighted by molar-refractivity contribution is 0.535. The molecule has 2 nitrogen and oxygen atoms in total. The van der Waals surface area contributed by atoms with Crippen LogP contribution in [-0.4, -0.2) is 19.6 Å². The van der Waals surface area contributed by atoms with Gasteiger partial charge in [-0.3, -0.25) is 0 Å². The summed E-state index contributed by atoms with van der Waals surface area (Å²) in [7, 11) is 0. The molecule has 0 saturated heterocycles. The number of aryl methyl sites for hydroxylation is 1. The van der Waals surface area contributed by atoms with Crippen LogP contribution in [0.1, 0.15) is 18.1 Å². The first-order valence-electron chi connectivity index (χ1n) is 7.86. The zero-order chi connectivity index (χ0) is 14.7. The molecule has 1 atom stereocenters. The quantitative estimate of drug-likeness (QED) is 0.907. The third kappa shape index (κ3) is 3.38. The number of fused-ring (bicyclic) bond motifs is 1. The SMILES string of the molecule is Cc1ccc(NCCN2CC(C)Cc3ccccc32)cc1. The monoisotopic (exact) mass is 280 g/mol. The highest BCUT2D eigenvalue weighted by Gasteiger charge is 2.20.